The van der Waals surface area contributed by atoms with Gasteiger partial charge in [0, 0.05) is 5.41 Å². The molecule has 2 aliphatic carbocycles. The Hall–Kier alpha value is -0.380. The number of allylic oxidation sites excluding steroid dienone is 1. The molecule has 1 heterocycles. The summed E-state index contributed by atoms with van der Waals surface area (Å²) in [6.07, 6.45) is 5.83. The van der Waals surface area contributed by atoms with Gasteiger partial charge in [-0.2, -0.15) is 0 Å². The summed E-state index contributed by atoms with van der Waals surface area (Å²) in [7, 11) is 0. The normalized spacial score (nSPS) is 45.2. The van der Waals surface area contributed by atoms with Crippen molar-refractivity contribution in [3.8, 4) is 0 Å². The molecule has 0 spiro atoms. The van der Waals surface area contributed by atoms with Gasteiger partial charge in [-0.25, -0.2) is 0 Å². The molecule has 2 fully saturated rings. The summed E-state index contributed by atoms with van der Waals surface area (Å²) in [4.78, 5) is 0. The molecule has 21 heavy (non-hydrogen) atoms. The molecule has 3 heteroatoms. The Kier molecular flexibility index (Phi) is 3.75. The third-order valence-electron chi connectivity index (χ3n) is 6.01. The minimum atomic E-state index is -0.503. The van der Waals surface area contributed by atoms with Crippen LogP contribution < -0.4 is 0 Å². The standard InChI is InChI=1S/C18H30O3/c1-11(2)13-6-7-18(5)14(13)8-12(10-19)9-15-16(18)21-17(3,4)20-15/h8,11,13-16,19H,6-7,9-10H2,1-5H3/t13-,14-,15+,16-,18-/m0/s1. The van der Waals surface area contributed by atoms with Gasteiger partial charge >= 0.3 is 0 Å². The van der Waals surface area contributed by atoms with Gasteiger partial charge in [-0.1, -0.05) is 26.8 Å². The van der Waals surface area contributed by atoms with Crippen LogP contribution in [0.25, 0.3) is 0 Å². The van der Waals surface area contributed by atoms with Gasteiger partial charge in [0.25, 0.3) is 0 Å². The Bertz CT molecular complexity index is 440. The summed E-state index contributed by atoms with van der Waals surface area (Å²) in [6, 6.07) is 0. The minimum absolute atomic E-state index is 0.0827. The van der Waals surface area contributed by atoms with E-state index in [4.69, 9.17) is 9.47 Å². The van der Waals surface area contributed by atoms with E-state index in [2.05, 4.69) is 26.8 Å². The fourth-order valence-corrected chi connectivity index (χ4v) is 4.95. The molecular formula is C18H30O3. The lowest BCUT2D eigenvalue weighted by molar-refractivity contribution is -0.159. The molecule has 1 N–H and O–H groups in total. The fraction of sp³-hybridized carbons (Fsp3) is 0.889. The predicted octanol–water partition coefficient (Wildman–Crippen LogP) is 3.52. The second kappa shape index (κ2) is 5.07. The lowest BCUT2D eigenvalue weighted by Gasteiger charge is -2.38. The van der Waals surface area contributed by atoms with E-state index in [1.807, 2.05) is 13.8 Å². The molecular weight excluding hydrogens is 264 g/mol. The first-order chi connectivity index (χ1) is 9.77. The maximum absolute atomic E-state index is 9.73. The molecule has 3 nitrogen and oxygen atoms in total. The van der Waals surface area contributed by atoms with Crippen LogP contribution in [0.5, 0.6) is 0 Å². The van der Waals surface area contributed by atoms with Crippen molar-refractivity contribution in [2.45, 2.75) is 71.9 Å². The van der Waals surface area contributed by atoms with Crippen LogP contribution >= 0.6 is 0 Å². The van der Waals surface area contributed by atoms with Gasteiger partial charge in [0.15, 0.2) is 5.79 Å². The molecule has 1 saturated carbocycles. The Morgan fingerprint density at radius 1 is 1.29 bits per heavy atom. The number of fused-ring (bicyclic) bond motifs is 3. The summed E-state index contributed by atoms with van der Waals surface area (Å²) < 4.78 is 12.5. The maximum atomic E-state index is 9.73. The lowest BCUT2D eigenvalue weighted by Crippen LogP contribution is -2.42. The SMILES string of the molecule is CC(C)[C@@H]1CC[C@@]2(C)[C@H]1C=C(CO)C[C@H]1OC(C)(C)O[C@@H]12. The summed E-state index contributed by atoms with van der Waals surface area (Å²) in [6.45, 7) is 11.2. The van der Waals surface area contributed by atoms with E-state index in [0.717, 1.165) is 12.0 Å². The number of rotatable bonds is 2. The fourth-order valence-electron chi connectivity index (χ4n) is 4.95. The molecule has 0 amide bonds. The zero-order chi connectivity index (χ0) is 15.4. The van der Waals surface area contributed by atoms with Gasteiger partial charge in [0.05, 0.1) is 18.8 Å². The Balaban J connectivity index is 2.00. The predicted molar refractivity (Wildman–Crippen MR) is 82.8 cm³/mol. The lowest BCUT2D eigenvalue weighted by atomic mass is 9.70. The molecule has 0 aromatic carbocycles. The van der Waals surface area contributed by atoms with E-state index in [0.29, 0.717) is 17.8 Å². The molecule has 0 radical (unpaired) electrons. The number of hydrogen-bond acceptors (Lipinski definition) is 3. The van der Waals surface area contributed by atoms with E-state index in [1.54, 1.807) is 0 Å². The summed E-state index contributed by atoms with van der Waals surface area (Å²) in [5.74, 6) is 1.34. The van der Waals surface area contributed by atoms with Crippen molar-refractivity contribution in [2.75, 3.05) is 6.61 Å². The third kappa shape index (κ3) is 2.47. The zero-order valence-electron chi connectivity index (χ0n) is 14.1. The van der Waals surface area contributed by atoms with Crippen molar-refractivity contribution in [1.29, 1.82) is 0 Å². The highest BCUT2D eigenvalue weighted by atomic mass is 16.8. The summed E-state index contributed by atoms with van der Waals surface area (Å²) in [5.41, 5.74) is 1.26. The first-order valence-corrected chi connectivity index (χ1v) is 8.43. The second-order valence-corrected chi connectivity index (χ2v) is 8.26. The van der Waals surface area contributed by atoms with Crippen molar-refractivity contribution in [1.82, 2.24) is 0 Å². The van der Waals surface area contributed by atoms with Gasteiger partial charge in [-0.15, -0.1) is 0 Å². The molecule has 0 aromatic rings. The number of ether oxygens (including phenoxy) is 2. The van der Waals surface area contributed by atoms with Crippen molar-refractivity contribution in [3.63, 3.8) is 0 Å². The average Bonchev–Trinajstić information content (AvgIpc) is 2.85. The van der Waals surface area contributed by atoms with Gasteiger partial charge in [0.1, 0.15) is 0 Å². The van der Waals surface area contributed by atoms with Crippen LogP contribution in [0, 0.1) is 23.2 Å². The minimum Gasteiger partial charge on any atom is -0.392 e. The number of aliphatic hydroxyl groups is 1. The average molecular weight is 294 g/mol. The van der Waals surface area contributed by atoms with Crippen LogP contribution in [0.15, 0.2) is 11.6 Å². The molecule has 1 aliphatic heterocycles. The first-order valence-electron chi connectivity index (χ1n) is 8.43. The van der Waals surface area contributed by atoms with Crippen LogP contribution in [0.2, 0.25) is 0 Å². The van der Waals surface area contributed by atoms with Crippen LogP contribution in [0.3, 0.4) is 0 Å². The zero-order valence-corrected chi connectivity index (χ0v) is 14.1. The van der Waals surface area contributed by atoms with Gasteiger partial charge < -0.3 is 14.6 Å². The third-order valence-corrected chi connectivity index (χ3v) is 6.01. The molecule has 1 saturated heterocycles. The van der Waals surface area contributed by atoms with Gasteiger partial charge in [-0.05, 0) is 56.4 Å². The molecule has 120 valence electrons. The Morgan fingerprint density at radius 2 is 2.00 bits per heavy atom. The van der Waals surface area contributed by atoms with E-state index in [9.17, 15) is 5.11 Å². The molecule has 3 rings (SSSR count). The van der Waals surface area contributed by atoms with Crippen molar-refractivity contribution >= 4 is 0 Å². The topological polar surface area (TPSA) is 38.7 Å². The first kappa shape index (κ1) is 15.5. The van der Waals surface area contributed by atoms with E-state index >= 15 is 0 Å². The van der Waals surface area contributed by atoms with Crippen molar-refractivity contribution in [2.24, 2.45) is 23.2 Å². The molecule has 0 unspecified atom stereocenters. The number of aliphatic hydroxyl groups excluding tert-OH is 1. The largest absolute Gasteiger partial charge is 0.392 e. The van der Waals surface area contributed by atoms with Crippen LogP contribution in [-0.2, 0) is 9.47 Å². The smallest absolute Gasteiger partial charge is 0.163 e. The van der Waals surface area contributed by atoms with Gasteiger partial charge in [-0.3, -0.25) is 0 Å². The van der Waals surface area contributed by atoms with Crippen LogP contribution in [-0.4, -0.2) is 29.7 Å². The maximum Gasteiger partial charge on any atom is 0.163 e. The highest BCUT2D eigenvalue weighted by molar-refractivity contribution is 5.20. The van der Waals surface area contributed by atoms with Crippen molar-refractivity contribution in [3.05, 3.63) is 11.6 Å². The van der Waals surface area contributed by atoms with Crippen LogP contribution in [0.1, 0.15) is 53.9 Å². The molecule has 0 bridgehead atoms. The van der Waals surface area contributed by atoms with E-state index < -0.39 is 5.79 Å². The molecule has 3 aliphatic rings. The molecule has 5 atom stereocenters. The van der Waals surface area contributed by atoms with E-state index in [-0.39, 0.29) is 24.2 Å². The Labute approximate surface area is 128 Å². The highest BCUT2D eigenvalue weighted by Crippen LogP contribution is 2.58. The number of hydrogen-bond donors (Lipinski definition) is 1. The van der Waals surface area contributed by atoms with E-state index in [1.165, 1.54) is 12.8 Å². The molecule has 0 aromatic heterocycles. The second-order valence-electron chi connectivity index (χ2n) is 8.26. The van der Waals surface area contributed by atoms with Crippen LogP contribution in [0.4, 0.5) is 0 Å². The summed E-state index contributed by atoms with van der Waals surface area (Å²) >= 11 is 0. The monoisotopic (exact) mass is 294 g/mol. The summed E-state index contributed by atoms with van der Waals surface area (Å²) in [5, 5.41) is 9.73. The highest BCUT2D eigenvalue weighted by Gasteiger charge is 2.58. The quantitative estimate of drug-likeness (QED) is 0.792. The Morgan fingerprint density at radius 3 is 2.62 bits per heavy atom. The van der Waals surface area contributed by atoms with Gasteiger partial charge in [0.2, 0.25) is 0 Å². The van der Waals surface area contributed by atoms with Crippen molar-refractivity contribution < 1.29 is 14.6 Å².